The Bertz CT molecular complexity index is 673. The zero-order valence-corrected chi connectivity index (χ0v) is 15.6. The number of aromatic nitrogens is 2. The molecule has 0 saturated heterocycles. The van der Waals surface area contributed by atoms with Gasteiger partial charge in [0, 0.05) is 11.6 Å². The molecule has 25 heavy (non-hydrogen) atoms. The second kappa shape index (κ2) is 9.56. The van der Waals surface area contributed by atoms with Gasteiger partial charge in [-0.15, -0.1) is 10.2 Å². The van der Waals surface area contributed by atoms with Gasteiger partial charge in [-0.3, -0.25) is 4.79 Å². The molecular weight excluding hydrogens is 341 g/mol. The number of nitrogens with zero attached hydrogens (tertiary/aromatic N) is 2. The minimum Gasteiger partial charge on any atom is -0.411 e. The topological polar surface area (TPSA) is 68.0 Å². The predicted molar refractivity (Wildman–Crippen MR) is 96.7 cm³/mol. The molecule has 0 bridgehead atoms. The maximum Gasteiger partial charge on any atom is 0.277 e. The molecule has 1 heterocycles. The first-order chi connectivity index (χ1) is 11.9. The lowest BCUT2D eigenvalue weighted by molar-refractivity contribution is -0.119. The molecule has 7 heteroatoms. The first-order valence-electron chi connectivity index (χ1n) is 8.45. The molecule has 136 valence electrons. The smallest absolute Gasteiger partial charge is 0.277 e. The monoisotopic (exact) mass is 365 g/mol. The van der Waals surface area contributed by atoms with Crippen LogP contribution in [0.5, 0.6) is 0 Å². The lowest BCUT2D eigenvalue weighted by Gasteiger charge is -2.14. The summed E-state index contributed by atoms with van der Waals surface area (Å²) in [6.07, 6.45) is 3.25. The number of amides is 1. The van der Waals surface area contributed by atoms with Crippen LogP contribution in [-0.4, -0.2) is 27.9 Å². The molecule has 0 aliphatic rings. The summed E-state index contributed by atoms with van der Waals surface area (Å²) in [7, 11) is 0. The lowest BCUT2D eigenvalue weighted by atomic mass is 10.0. The summed E-state index contributed by atoms with van der Waals surface area (Å²) in [6, 6.07) is 5.97. The van der Waals surface area contributed by atoms with Gasteiger partial charge in [-0.1, -0.05) is 38.5 Å². The summed E-state index contributed by atoms with van der Waals surface area (Å²) >= 11 is 1.19. The average Bonchev–Trinajstić information content (AvgIpc) is 3.02. The van der Waals surface area contributed by atoms with E-state index in [1.807, 2.05) is 6.92 Å². The van der Waals surface area contributed by atoms with Crippen molar-refractivity contribution in [1.82, 2.24) is 15.5 Å². The largest absolute Gasteiger partial charge is 0.411 e. The third kappa shape index (κ3) is 6.86. The van der Waals surface area contributed by atoms with E-state index in [1.54, 1.807) is 12.1 Å². The van der Waals surface area contributed by atoms with Gasteiger partial charge in [0.25, 0.3) is 5.22 Å². The molecule has 1 atom stereocenters. The van der Waals surface area contributed by atoms with Gasteiger partial charge >= 0.3 is 0 Å². The van der Waals surface area contributed by atoms with Gasteiger partial charge in [-0.25, -0.2) is 4.39 Å². The van der Waals surface area contributed by atoms with Gasteiger partial charge in [-0.05, 0) is 43.5 Å². The fraction of sp³-hybridized carbons (Fsp3) is 0.500. The van der Waals surface area contributed by atoms with Crippen LogP contribution in [0.1, 0.15) is 40.0 Å². The molecular formula is C18H24FN3O2S. The average molecular weight is 365 g/mol. The Kier molecular flexibility index (Phi) is 7.43. The summed E-state index contributed by atoms with van der Waals surface area (Å²) in [5.74, 6) is 0.844. The summed E-state index contributed by atoms with van der Waals surface area (Å²) < 4.78 is 18.4. The van der Waals surface area contributed by atoms with Crippen molar-refractivity contribution in [2.75, 3.05) is 5.75 Å². The molecule has 1 aromatic heterocycles. The van der Waals surface area contributed by atoms with Crippen molar-refractivity contribution in [3.8, 4) is 11.5 Å². The van der Waals surface area contributed by atoms with Crippen LogP contribution in [0.15, 0.2) is 33.9 Å². The van der Waals surface area contributed by atoms with E-state index in [2.05, 4.69) is 29.4 Å². The molecule has 0 radical (unpaired) electrons. The molecule has 0 fully saturated rings. The van der Waals surface area contributed by atoms with Crippen molar-refractivity contribution in [1.29, 1.82) is 0 Å². The van der Waals surface area contributed by atoms with Crippen molar-refractivity contribution in [2.45, 2.75) is 51.3 Å². The lowest BCUT2D eigenvalue weighted by Crippen LogP contribution is -2.33. The number of rotatable bonds is 9. The second-order valence-electron chi connectivity index (χ2n) is 6.46. The Hall–Kier alpha value is -1.89. The van der Waals surface area contributed by atoms with Crippen LogP contribution in [0, 0.1) is 11.7 Å². The van der Waals surface area contributed by atoms with Gasteiger partial charge in [-0.2, -0.15) is 0 Å². The van der Waals surface area contributed by atoms with E-state index in [4.69, 9.17) is 4.42 Å². The fourth-order valence-corrected chi connectivity index (χ4v) is 2.90. The fourth-order valence-electron chi connectivity index (χ4n) is 2.33. The van der Waals surface area contributed by atoms with Gasteiger partial charge < -0.3 is 9.73 Å². The summed E-state index contributed by atoms with van der Waals surface area (Å²) in [4.78, 5) is 12.0. The quantitative estimate of drug-likeness (QED) is 0.671. The molecule has 0 aliphatic heterocycles. The molecule has 1 aromatic carbocycles. The maximum absolute atomic E-state index is 12.9. The maximum atomic E-state index is 12.9. The molecule has 2 rings (SSSR count). The third-order valence-corrected chi connectivity index (χ3v) is 4.47. The van der Waals surface area contributed by atoms with E-state index < -0.39 is 0 Å². The van der Waals surface area contributed by atoms with E-state index in [9.17, 15) is 9.18 Å². The summed E-state index contributed by atoms with van der Waals surface area (Å²) in [6.45, 7) is 6.41. The highest BCUT2D eigenvalue weighted by Gasteiger charge is 2.13. The van der Waals surface area contributed by atoms with Crippen LogP contribution in [0.25, 0.3) is 11.5 Å². The van der Waals surface area contributed by atoms with Gasteiger partial charge in [0.15, 0.2) is 0 Å². The molecule has 0 aliphatic carbocycles. The van der Waals surface area contributed by atoms with Gasteiger partial charge in [0.1, 0.15) is 5.82 Å². The highest BCUT2D eigenvalue weighted by atomic mass is 32.2. The normalized spacial score (nSPS) is 12.4. The van der Waals surface area contributed by atoms with Crippen LogP contribution < -0.4 is 5.32 Å². The SMILES string of the molecule is CC(C)CCC[C@H](C)NC(=O)CSc1nnc(-c2ccc(F)cc2)o1. The zero-order valence-electron chi connectivity index (χ0n) is 14.8. The van der Waals surface area contributed by atoms with E-state index in [-0.39, 0.29) is 23.5 Å². The van der Waals surface area contributed by atoms with Crippen LogP contribution >= 0.6 is 11.8 Å². The Labute approximate surface area is 151 Å². The van der Waals surface area contributed by atoms with Crippen molar-refractivity contribution in [2.24, 2.45) is 5.92 Å². The van der Waals surface area contributed by atoms with Crippen LogP contribution in [0.3, 0.4) is 0 Å². The van der Waals surface area contributed by atoms with E-state index in [0.29, 0.717) is 22.6 Å². The van der Waals surface area contributed by atoms with Crippen LogP contribution in [-0.2, 0) is 4.79 Å². The van der Waals surface area contributed by atoms with Gasteiger partial charge in [0.05, 0.1) is 5.75 Å². The number of benzene rings is 1. The second-order valence-corrected chi connectivity index (χ2v) is 7.39. The zero-order chi connectivity index (χ0) is 18.2. The number of hydrogen-bond donors (Lipinski definition) is 1. The third-order valence-electron chi connectivity index (χ3n) is 3.65. The minimum absolute atomic E-state index is 0.0522. The molecule has 0 spiro atoms. The Morgan fingerprint density at radius 3 is 2.60 bits per heavy atom. The Morgan fingerprint density at radius 1 is 1.20 bits per heavy atom. The summed E-state index contributed by atoms with van der Waals surface area (Å²) in [5.41, 5.74) is 0.643. The Balaban J connectivity index is 1.75. The molecule has 0 unspecified atom stereocenters. The van der Waals surface area contributed by atoms with Crippen molar-refractivity contribution >= 4 is 17.7 Å². The number of hydrogen-bond acceptors (Lipinski definition) is 5. The number of thioether (sulfide) groups is 1. The molecule has 5 nitrogen and oxygen atoms in total. The molecule has 2 aromatic rings. The number of carbonyl (C=O) groups is 1. The van der Waals surface area contributed by atoms with E-state index in [0.717, 1.165) is 12.8 Å². The van der Waals surface area contributed by atoms with Crippen molar-refractivity contribution < 1.29 is 13.6 Å². The van der Waals surface area contributed by atoms with Crippen molar-refractivity contribution in [3.63, 3.8) is 0 Å². The first-order valence-corrected chi connectivity index (χ1v) is 9.44. The predicted octanol–water partition coefficient (Wildman–Crippen LogP) is 4.30. The number of nitrogens with one attached hydrogen (secondary N) is 1. The Morgan fingerprint density at radius 2 is 1.92 bits per heavy atom. The van der Waals surface area contributed by atoms with E-state index in [1.165, 1.54) is 30.3 Å². The summed E-state index contributed by atoms with van der Waals surface area (Å²) in [5, 5.41) is 11.1. The van der Waals surface area contributed by atoms with Crippen molar-refractivity contribution in [3.05, 3.63) is 30.1 Å². The van der Waals surface area contributed by atoms with Crippen LogP contribution in [0.2, 0.25) is 0 Å². The molecule has 1 N–H and O–H groups in total. The minimum atomic E-state index is -0.322. The molecule has 1 amide bonds. The highest BCUT2D eigenvalue weighted by Crippen LogP contribution is 2.23. The molecule has 0 saturated carbocycles. The van der Waals surface area contributed by atoms with Gasteiger partial charge in [0.2, 0.25) is 11.8 Å². The van der Waals surface area contributed by atoms with E-state index >= 15 is 0 Å². The highest BCUT2D eigenvalue weighted by molar-refractivity contribution is 7.99. The number of carbonyl (C=O) groups excluding carboxylic acids is 1. The number of halogens is 1. The first kappa shape index (κ1) is 19.4. The van der Waals surface area contributed by atoms with Crippen LogP contribution in [0.4, 0.5) is 4.39 Å². The standard InChI is InChI=1S/C18H24FN3O2S/c1-12(2)5-4-6-13(3)20-16(23)11-25-18-22-21-17(24-18)14-7-9-15(19)10-8-14/h7-10,12-13H,4-6,11H2,1-3H3,(H,20,23)/t13-/m0/s1.